The fourth-order valence-corrected chi connectivity index (χ4v) is 5.17. The van der Waals surface area contributed by atoms with Crippen LogP contribution in [0.1, 0.15) is 17.4 Å². The van der Waals surface area contributed by atoms with Crippen molar-refractivity contribution in [2.24, 2.45) is 0 Å². The smallest absolute Gasteiger partial charge is 0.240 e. The molecule has 0 aliphatic carbocycles. The first kappa shape index (κ1) is 22.4. The standard InChI is InChI=1S/C24H29N3O4S/c1-19-5-3-6-22(17-19)32(28,29)25-18-23(24-7-4-16-31-24)27-14-12-26(13-15-27)20-8-10-21(30-2)11-9-20/h3-11,16-17,23,25H,12-15,18H2,1-2H3. The summed E-state index contributed by atoms with van der Waals surface area (Å²) < 4.78 is 39.4. The highest BCUT2D eigenvalue weighted by Gasteiger charge is 2.28. The van der Waals surface area contributed by atoms with E-state index >= 15 is 0 Å². The number of aryl methyl sites for hydroxylation is 1. The summed E-state index contributed by atoms with van der Waals surface area (Å²) in [5, 5.41) is 0. The molecule has 1 aliphatic rings. The second-order valence-electron chi connectivity index (χ2n) is 7.92. The molecule has 1 unspecified atom stereocenters. The van der Waals surface area contributed by atoms with E-state index in [0.717, 1.165) is 48.9 Å². The summed E-state index contributed by atoms with van der Waals surface area (Å²) in [5.41, 5.74) is 2.06. The van der Waals surface area contributed by atoms with Crippen LogP contribution in [-0.4, -0.2) is 53.2 Å². The number of hydrogen-bond acceptors (Lipinski definition) is 6. The van der Waals surface area contributed by atoms with Crippen LogP contribution in [0, 0.1) is 6.92 Å². The summed E-state index contributed by atoms with van der Waals surface area (Å²) in [7, 11) is -1.95. The minimum absolute atomic E-state index is 0.178. The van der Waals surface area contributed by atoms with Gasteiger partial charge in [0.1, 0.15) is 11.5 Å². The van der Waals surface area contributed by atoms with E-state index in [2.05, 4.69) is 26.7 Å². The van der Waals surface area contributed by atoms with Gasteiger partial charge in [-0.05, 0) is 61.0 Å². The third kappa shape index (κ3) is 5.15. The number of ether oxygens (including phenoxy) is 1. The topological polar surface area (TPSA) is 75.0 Å². The van der Waals surface area contributed by atoms with Crippen molar-refractivity contribution in [1.82, 2.24) is 9.62 Å². The molecule has 0 spiro atoms. The zero-order chi connectivity index (χ0) is 22.6. The van der Waals surface area contributed by atoms with E-state index in [4.69, 9.17) is 9.15 Å². The monoisotopic (exact) mass is 455 g/mol. The van der Waals surface area contributed by atoms with E-state index in [1.807, 2.05) is 37.3 Å². The second kappa shape index (κ2) is 9.77. The van der Waals surface area contributed by atoms with Crippen molar-refractivity contribution in [3.8, 4) is 5.75 Å². The van der Waals surface area contributed by atoms with Crippen molar-refractivity contribution < 1.29 is 17.6 Å². The molecule has 3 aromatic rings. The first-order valence-electron chi connectivity index (χ1n) is 10.7. The van der Waals surface area contributed by atoms with Gasteiger partial charge in [-0.1, -0.05) is 12.1 Å². The van der Waals surface area contributed by atoms with Crippen LogP contribution in [0.15, 0.2) is 76.2 Å². The molecule has 1 saturated heterocycles. The zero-order valence-electron chi connectivity index (χ0n) is 18.4. The molecule has 2 heterocycles. The summed E-state index contributed by atoms with van der Waals surface area (Å²) in [6.45, 7) is 5.40. The average molecular weight is 456 g/mol. The van der Waals surface area contributed by atoms with Crippen LogP contribution in [0.2, 0.25) is 0 Å². The summed E-state index contributed by atoms with van der Waals surface area (Å²) >= 11 is 0. The third-order valence-electron chi connectivity index (χ3n) is 5.83. The van der Waals surface area contributed by atoms with Gasteiger partial charge in [-0.25, -0.2) is 13.1 Å². The number of nitrogens with zero attached hydrogens (tertiary/aromatic N) is 2. The lowest BCUT2D eigenvalue weighted by Crippen LogP contribution is -2.49. The first-order chi connectivity index (χ1) is 15.5. The van der Waals surface area contributed by atoms with E-state index < -0.39 is 10.0 Å². The van der Waals surface area contributed by atoms with Crippen LogP contribution < -0.4 is 14.4 Å². The Morgan fingerprint density at radius 3 is 2.41 bits per heavy atom. The van der Waals surface area contributed by atoms with Gasteiger partial charge in [0, 0.05) is 38.4 Å². The molecule has 32 heavy (non-hydrogen) atoms. The number of sulfonamides is 1. The Morgan fingerprint density at radius 1 is 1.03 bits per heavy atom. The van der Waals surface area contributed by atoms with Gasteiger partial charge in [0.05, 0.1) is 24.3 Å². The van der Waals surface area contributed by atoms with Gasteiger partial charge in [0.2, 0.25) is 10.0 Å². The number of piperazine rings is 1. The Balaban J connectivity index is 1.44. The molecule has 0 bridgehead atoms. The van der Waals surface area contributed by atoms with Crippen LogP contribution in [0.3, 0.4) is 0 Å². The maximum absolute atomic E-state index is 12.9. The largest absolute Gasteiger partial charge is 0.497 e. The SMILES string of the molecule is COc1ccc(N2CCN(C(CNS(=O)(=O)c3cccc(C)c3)c3ccco3)CC2)cc1. The molecule has 2 aromatic carbocycles. The van der Waals surface area contributed by atoms with Crippen LogP contribution in [0.5, 0.6) is 5.75 Å². The number of nitrogens with one attached hydrogen (secondary N) is 1. The van der Waals surface area contributed by atoms with Crippen molar-refractivity contribution in [3.63, 3.8) is 0 Å². The van der Waals surface area contributed by atoms with Crippen LogP contribution in [-0.2, 0) is 10.0 Å². The van der Waals surface area contributed by atoms with Gasteiger partial charge in [-0.3, -0.25) is 4.90 Å². The predicted molar refractivity (Wildman–Crippen MR) is 125 cm³/mol. The Bertz CT molecular complexity index is 1110. The molecule has 7 nitrogen and oxygen atoms in total. The maximum Gasteiger partial charge on any atom is 0.240 e. The van der Waals surface area contributed by atoms with E-state index in [0.29, 0.717) is 0 Å². The van der Waals surface area contributed by atoms with Crippen molar-refractivity contribution in [3.05, 3.63) is 78.3 Å². The molecular weight excluding hydrogens is 426 g/mol. The molecule has 1 N–H and O–H groups in total. The minimum atomic E-state index is -3.61. The minimum Gasteiger partial charge on any atom is -0.497 e. The van der Waals surface area contributed by atoms with Gasteiger partial charge in [0.15, 0.2) is 0 Å². The highest BCUT2D eigenvalue weighted by atomic mass is 32.2. The number of rotatable bonds is 8. The van der Waals surface area contributed by atoms with Gasteiger partial charge in [0.25, 0.3) is 0 Å². The lowest BCUT2D eigenvalue weighted by Gasteiger charge is -2.39. The first-order valence-corrected chi connectivity index (χ1v) is 12.2. The fraction of sp³-hybridized carbons (Fsp3) is 0.333. The number of benzene rings is 2. The van der Waals surface area contributed by atoms with E-state index in [1.54, 1.807) is 31.6 Å². The number of anilines is 1. The summed E-state index contributed by atoms with van der Waals surface area (Å²) in [5.74, 6) is 1.60. The zero-order valence-corrected chi connectivity index (χ0v) is 19.2. The van der Waals surface area contributed by atoms with E-state index in [1.165, 1.54) is 0 Å². The summed E-state index contributed by atoms with van der Waals surface area (Å²) in [4.78, 5) is 4.88. The maximum atomic E-state index is 12.9. The molecule has 1 aromatic heterocycles. The van der Waals surface area contributed by atoms with Gasteiger partial charge < -0.3 is 14.1 Å². The van der Waals surface area contributed by atoms with E-state index in [9.17, 15) is 8.42 Å². The number of methoxy groups -OCH3 is 1. The third-order valence-corrected chi connectivity index (χ3v) is 7.25. The Morgan fingerprint density at radius 2 is 1.78 bits per heavy atom. The highest BCUT2D eigenvalue weighted by molar-refractivity contribution is 7.89. The molecule has 170 valence electrons. The molecular formula is C24H29N3O4S. The molecule has 0 radical (unpaired) electrons. The average Bonchev–Trinajstić information content (AvgIpc) is 3.34. The summed E-state index contributed by atoms with van der Waals surface area (Å²) in [6, 6.07) is 18.6. The molecule has 1 atom stereocenters. The molecule has 1 fully saturated rings. The lowest BCUT2D eigenvalue weighted by molar-refractivity contribution is 0.166. The molecule has 0 saturated carbocycles. The molecule has 8 heteroatoms. The van der Waals surface area contributed by atoms with Crippen LogP contribution in [0.25, 0.3) is 0 Å². The van der Waals surface area contributed by atoms with Crippen molar-refractivity contribution in [1.29, 1.82) is 0 Å². The van der Waals surface area contributed by atoms with Crippen molar-refractivity contribution >= 4 is 15.7 Å². The Hall–Kier alpha value is -2.81. The van der Waals surface area contributed by atoms with Gasteiger partial charge in [-0.15, -0.1) is 0 Å². The molecule has 4 rings (SSSR count). The quantitative estimate of drug-likeness (QED) is 0.561. The van der Waals surface area contributed by atoms with E-state index in [-0.39, 0.29) is 17.5 Å². The molecule has 1 aliphatic heterocycles. The number of furan rings is 1. The predicted octanol–water partition coefficient (Wildman–Crippen LogP) is 3.44. The fourth-order valence-electron chi connectivity index (χ4n) is 4.03. The van der Waals surface area contributed by atoms with Crippen molar-refractivity contribution in [2.45, 2.75) is 17.9 Å². The Kier molecular flexibility index (Phi) is 6.83. The van der Waals surface area contributed by atoms with Gasteiger partial charge >= 0.3 is 0 Å². The molecule has 0 amide bonds. The second-order valence-corrected chi connectivity index (χ2v) is 9.69. The summed E-state index contributed by atoms with van der Waals surface area (Å²) in [6.07, 6.45) is 1.63. The van der Waals surface area contributed by atoms with Crippen molar-refractivity contribution in [2.75, 3.05) is 44.7 Å². The lowest BCUT2D eigenvalue weighted by atomic mass is 10.1. The highest BCUT2D eigenvalue weighted by Crippen LogP contribution is 2.26. The normalized spacial score (nSPS) is 16.1. The van der Waals surface area contributed by atoms with Gasteiger partial charge in [-0.2, -0.15) is 0 Å². The Labute approximate surface area is 189 Å². The van der Waals surface area contributed by atoms with Crippen LogP contribution >= 0.6 is 0 Å². The number of hydrogen-bond donors (Lipinski definition) is 1. The van der Waals surface area contributed by atoms with Crippen LogP contribution in [0.4, 0.5) is 5.69 Å².